The third kappa shape index (κ3) is 4.38. The second-order valence-corrected chi connectivity index (χ2v) is 7.50. The molecule has 0 aliphatic heterocycles. The van der Waals surface area contributed by atoms with Crippen LogP contribution in [0.4, 0.5) is 0 Å². The number of nitrogens with zero attached hydrogens (tertiary/aromatic N) is 2. The van der Waals surface area contributed by atoms with Crippen LogP contribution >= 0.6 is 0 Å². The number of hydrogen-bond acceptors (Lipinski definition) is 4. The molecule has 0 saturated carbocycles. The smallest absolute Gasteiger partial charge is 0.0790 e. The van der Waals surface area contributed by atoms with Gasteiger partial charge in [0.25, 0.3) is 0 Å². The number of aliphatic hydroxyl groups excluding tert-OH is 1. The zero-order valence-corrected chi connectivity index (χ0v) is 16.1. The Kier molecular flexibility index (Phi) is 5.65. The number of rotatable bonds is 8. The highest BCUT2D eigenvalue weighted by Crippen LogP contribution is 2.23. The van der Waals surface area contributed by atoms with Crippen LogP contribution in [0.2, 0.25) is 0 Å². The van der Waals surface area contributed by atoms with Crippen molar-refractivity contribution < 1.29 is 5.11 Å². The van der Waals surface area contributed by atoms with Crippen LogP contribution in [0.25, 0.3) is 21.7 Å². The molecule has 0 aliphatic rings. The van der Waals surface area contributed by atoms with Crippen molar-refractivity contribution in [2.75, 3.05) is 0 Å². The van der Waals surface area contributed by atoms with Crippen LogP contribution in [-0.2, 0) is 6.54 Å². The molecule has 0 spiro atoms. The van der Waals surface area contributed by atoms with E-state index < -0.39 is 6.10 Å². The Hall–Kier alpha value is -2.76. The quantitative estimate of drug-likeness (QED) is 0.425. The van der Waals surface area contributed by atoms with Crippen molar-refractivity contribution in [3.8, 4) is 0 Å². The van der Waals surface area contributed by atoms with Gasteiger partial charge in [0.05, 0.1) is 17.8 Å². The number of H-pyrrole nitrogens is 1. The molecule has 5 nitrogen and oxygen atoms in total. The van der Waals surface area contributed by atoms with E-state index in [0.717, 1.165) is 42.3 Å². The first-order valence-electron chi connectivity index (χ1n) is 9.86. The number of hydrogen-bond donors (Lipinski definition) is 3. The molecule has 28 heavy (non-hydrogen) atoms. The minimum absolute atomic E-state index is 0.400. The van der Waals surface area contributed by atoms with Crippen molar-refractivity contribution in [1.82, 2.24) is 20.5 Å². The van der Waals surface area contributed by atoms with Crippen LogP contribution in [0.15, 0.2) is 61.1 Å². The Labute approximate surface area is 164 Å². The maximum Gasteiger partial charge on any atom is 0.0790 e. The van der Waals surface area contributed by atoms with Crippen LogP contribution in [0, 0.1) is 0 Å². The number of fused-ring (bicyclic) bond motifs is 2. The minimum Gasteiger partial charge on any atom is -0.388 e. The monoisotopic (exact) mass is 374 g/mol. The summed E-state index contributed by atoms with van der Waals surface area (Å²) in [6.45, 7) is 3.05. The summed E-state index contributed by atoms with van der Waals surface area (Å²) in [6.07, 6.45) is 7.85. The number of aliphatic hydroxyl groups is 1. The molecule has 0 radical (unpaired) electrons. The van der Waals surface area contributed by atoms with Crippen molar-refractivity contribution >= 4 is 21.7 Å². The lowest BCUT2D eigenvalue weighted by Gasteiger charge is -2.16. The van der Waals surface area contributed by atoms with Crippen molar-refractivity contribution in [2.24, 2.45) is 0 Å². The highest BCUT2D eigenvalue weighted by Gasteiger charge is 2.10. The van der Waals surface area contributed by atoms with Crippen LogP contribution in [0.3, 0.4) is 0 Å². The van der Waals surface area contributed by atoms with E-state index in [9.17, 15) is 5.11 Å². The molecule has 0 amide bonds. The second kappa shape index (κ2) is 8.50. The summed E-state index contributed by atoms with van der Waals surface area (Å²) in [6, 6.07) is 14.9. The van der Waals surface area contributed by atoms with Gasteiger partial charge in [0.15, 0.2) is 0 Å². The van der Waals surface area contributed by atoms with Gasteiger partial charge in [-0.05, 0) is 67.0 Å². The summed E-state index contributed by atoms with van der Waals surface area (Å²) < 4.78 is 0. The van der Waals surface area contributed by atoms with Gasteiger partial charge in [0, 0.05) is 35.8 Å². The maximum absolute atomic E-state index is 10.5. The molecule has 2 heterocycles. The molecule has 2 aromatic heterocycles. The molecular weight excluding hydrogens is 348 g/mol. The van der Waals surface area contributed by atoms with E-state index in [2.05, 4.69) is 45.6 Å². The summed E-state index contributed by atoms with van der Waals surface area (Å²) >= 11 is 0. The number of pyridine rings is 1. The van der Waals surface area contributed by atoms with Crippen molar-refractivity contribution in [2.45, 2.75) is 44.9 Å². The van der Waals surface area contributed by atoms with Crippen LogP contribution in [0.5, 0.6) is 0 Å². The summed E-state index contributed by atoms with van der Waals surface area (Å²) in [4.78, 5) is 4.16. The molecule has 4 aromatic rings. The molecule has 144 valence electrons. The van der Waals surface area contributed by atoms with Gasteiger partial charge in [0.2, 0.25) is 0 Å². The first-order valence-corrected chi connectivity index (χ1v) is 9.86. The fourth-order valence-electron chi connectivity index (χ4n) is 3.59. The first kappa shape index (κ1) is 18.6. The lowest BCUT2D eigenvalue weighted by atomic mass is 10.0. The first-order chi connectivity index (χ1) is 13.7. The van der Waals surface area contributed by atoms with E-state index in [1.165, 1.54) is 16.3 Å². The van der Waals surface area contributed by atoms with Gasteiger partial charge in [-0.3, -0.25) is 10.1 Å². The molecule has 0 aliphatic carbocycles. The van der Waals surface area contributed by atoms with Crippen molar-refractivity contribution in [1.29, 1.82) is 0 Å². The van der Waals surface area contributed by atoms with Gasteiger partial charge >= 0.3 is 0 Å². The van der Waals surface area contributed by atoms with E-state index in [4.69, 9.17) is 0 Å². The lowest BCUT2D eigenvalue weighted by molar-refractivity contribution is 0.162. The number of benzene rings is 2. The molecule has 2 aromatic carbocycles. The van der Waals surface area contributed by atoms with Gasteiger partial charge in [-0.25, -0.2) is 0 Å². The van der Waals surface area contributed by atoms with Gasteiger partial charge in [-0.1, -0.05) is 18.2 Å². The number of aromatic nitrogens is 3. The predicted octanol–water partition coefficient (Wildman–Crippen LogP) is 4.49. The molecule has 2 atom stereocenters. The van der Waals surface area contributed by atoms with Crippen LogP contribution < -0.4 is 5.32 Å². The fraction of sp³-hybridized carbons (Fsp3) is 0.304. The molecule has 4 rings (SSSR count). The number of nitrogens with one attached hydrogen (secondary N) is 2. The molecule has 1 unspecified atom stereocenters. The van der Waals surface area contributed by atoms with E-state index in [1.54, 1.807) is 6.20 Å². The summed E-state index contributed by atoms with van der Waals surface area (Å²) in [5.41, 5.74) is 3.23. The van der Waals surface area contributed by atoms with E-state index in [0.29, 0.717) is 6.04 Å². The van der Waals surface area contributed by atoms with Crippen LogP contribution in [0.1, 0.15) is 43.4 Å². The fourth-order valence-corrected chi connectivity index (χ4v) is 3.59. The van der Waals surface area contributed by atoms with Gasteiger partial charge in [0.1, 0.15) is 0 Å². The Morgan fingerprint density at radius 2 is 1.93 bits per heavy atom. The van der Waals surface area contributed by atoms with Crippen molar-refractivity contribution in [3.05, 3.63) is 72.2 Å². The average molecular weight is 374 g/mol. The summed E-state index contributed by atoms with van der Waals surface area (Å²) in [5, 5.41) is 24.5. The number of aromatic amines is 1. The van der Waals surface area contributed by atoms with Gasteiger partial charge in [-0.2, -0.15) is 5.10 Å². The zero-order valence-electron chi connectivity index (χ0n) is 16.1. The standard InChI is InChI=1S/C23H26N4O/c1-16(25-13-17-5-6-20-14-24-10-9-18(20)11-17)3-2-4-23(28)19-7-8-22-21(12-19)15-26-27-22/h5-12,14-16,23,25,28H,2-4,13H2,1H3,(H,26,27)/t16-,23?/m1/s1. The van der Waals surface area contributed by atoms with Crippen LogP contribution in [-0.4, -0.2) is 26.3 Å². The second-order valence-electron chi connectivity index (χ2n) is 7.50. The zero-order chi connectivity index (χ0) is 19.3. The Morgan fingerprint density at radius 3 is 2.86 bits per heavy atom. The minimum atomic E-state index is -0.430. The molecule has 0 fully saturated rings. The normalized spacial score (nSPS) is 13.8. The van der Waals surface area contributed by atoms with Gasteiger partial charge < -0.3 is 10.4 Å². The van der Waals surface area contributed by atoms with E-state index in [-0.39, 0.29) is 0 Å². The average Bonchev–Trinajstić information content (AvgIpc) is 3.20. The van der Waals surface area contributed by atoms with Crippen molar-refractivity contribution in [3.63, 3.8) is 0 Å². The predicted molar refractivity (Wildman–Crippen MR) is 113 cm³/mol. The molecule has 0 bridgehead atoms. The third-order valence-corrected chi connectivity index (χ3v) is 5.32. The third-order valence-electron chi connectivity index (χ3n) is 5.32. The van der Waals surface area contributed by atoms with E-state index >= 15 is 0 Å². The molecule has 5 heteroatoms. The largest absolute Gasteiger partial charge is 0.388 e. The molecule has 3 N–H and O–H groups in total. The summed E-state index contributed by atoms with van der Waals surface area (Å²) in [5.74, 6) is 0. The SMILES string of the molecule is C[C@H](CCCC(O)c1ccc2[nH]ncc2c1)NCc1ccc2cnccc2c1. The Morgan fingerprint density at radius 1 is 1.00 bits per heavy atom. The maximum atomic E-state index is 10.5. The highest BCUT2D eigenvalue weighted by atomic mass is 16.3. The Balaban J connectivity index is 1.24. The topological polar surface area (TPSA) is 73.8 Å². The van der Waals surface area contributed by atoms with Gasteiger partial charge in [-0.15, -0.1) is 0 Å². The highest BCUT2D eigenvalue weighted by molar-refractivity contribution is 5.82. The lowest BCUT2D eigenvalue weighted by Crippen LogP contribution is -2.25. The van der Waals surface area contributed by atoms with E-state index in [1.807, 2.05) is 36.7 Å². The summed E-state index contributed by atoms with van der Waals surface area (Å²) in [7, 11) is 0. The Bertz CT molecular complexity index is 1060. The molecular formula is C23H26N4O. The molecule has 0 saturated heterocycles.